The fourth-order valence-corrected chi connectivity index (χ4v) is 3.46. The third-order valence-corrected chi connectivity index (χ3v) is 5.13. The van der Waals surface area contributed by atoms with E-state index in [2.05, 4.69) is 15.0 Å². The van der Waals surface area contributed by atoms with Gasteiger partial charge in [-0.3, -0.25) is 4.72 Å². The quantitative estimate of drug-likeness (QED) is 0.589. The molecule has 1 heterocycles. The van der Waals surface area contributed by atoms with Gasteiger partial charge in [-0.1, -0.05) is 18.2 Å². The van der Waals surface area contributed by atoms with Gasteiger partial charge >= 0.3 is 5.97 Å². The molecule has 0 aliphatic heterocycles. The number of carbonyl (C=O) groups is 1. The number of rotatable bonds is 7. The molecule has 0 aliphatic carbocycles. The maximum Gasteiger partial charge on any atom is 0.338 e. The maximum atomic E-state index is 12.3. The highest BCUT2D eigenvalue weighted by Crippen LogP contribution is 2.19. The molecule has 2 N–H and O–H groups in total. The number of anilines is 3. The van der Waals surface area contributed by atoms with Gasteiger partial charge < -0.3 is 10.1 Å². The van der Waals surface area contributed by atoms with Gasteiger partial charge in [0.05, 0.1) is 29.0 Å². The number of nitrogens with zero attached hydrogens (tertiary/aromatic N) is 1. The number of aromatic nitrogens is 1. The second-order valence-corrected chi connectivity index (χ2v) is 7.46. The Balaban J connectivity index is 1.65. The third-order valence-electron chi connectivity index (χ3n) is 3.74. The summed E-state index contributed by atoms with van der Waals surface area (Å²) in [6, 6.07) is 18.2. The summed E-state index contributed by atoms with van der Waals surface area (Å²) < 4.78 is 32.1. The first-order valence-electron chi connectivity index (χ1n) is 8.56. The molecule has 0 bridgehead atoms. The van der Waals surface area contributed by atoms with Crippen LogP contribution >= 0.6 is 0 Å². The van der Waals surface area contributed by atoms with Gasteiger partial charge in [-0.2, -0.15) is 0 Å². The Morgan fingerprint density at radius 1 is 0.964 bits per heavy atom. The summed E-state index contributed by atoms with van der Waals surface area (Å²) in [5, 5.41) is 3.08. The Bertz CT molecular complexity index is 1040. The van der Waals surface area contributed by atoms with E-state index in [1.165, 1.54) is 18.3 Å². The second-order valence-electron chi connectivity index (χ2n) is 5.77. The molecule has 0 saturated heterocycles. The van der Waals surface area contributed by atoms with Crippen molar-refractivity contribution < 1.29 is 17.9 Å². The van der Waals surface area contributed by atoms with Crippen LogP contribution in [0.15, 0.2) is 77.8 Å². The molecule has 144 valence electrons. The lowest BCUT2D eigenvalue weighted by Crippen LogP contribution is -2.13. The Morgan fingerprint density at radius 3 is 2.25 bits per heavy atom. The number of pyridine rings is 1. The lowest BCUT2D eigenvalue weighted by molar-refractivity contribution is 0.0526. The summed E-state index contributed by atoms with van der Waals surface area (Å²) in [6.07, 6.45) is 1.43. The molecule has 1 aromatic heterocycles. The van der Waals surface area contributed by atoms with Crippen LogP contribution in [0.1, 0.15) is 17.3 Å². The van der Waals surface area contributed by atoms with Crippen molar-refractivity contribution in [2.75, 3.05) is 16.6 Å². The van der Waals surface area contributed by atoms with Crippen molar-refractivity contribution in [3.05, 3.63) is 78.5 Å². The molecule has 0 amide bonds. The first-order chi connectivity index (χ1) is 13.5. The van der Waals surface area contributed by atoms with Crippen LogP contribution in [0.2, 0.25) is 0 Å². The predicted octanol–water partition coefficient (Wildman–Crippen LogP) is 3.80. The summed E-state index contributed by atoms with van der Waals surface area (Å²) in [4.78, 5) is 16.0. The van der Waals surface area contributed by atoms with E-state index < -0.39 is 10.0 Å². The average molecular weight is 397 g/mol. The van der Waals surface area contributed by atoms with Gasteiger partial charge in [-0.15, -0.1) is 0 Å². The van der Waals surface area contributed by atoms with E-state index in [4.69, 9.17) is 4.74 Å². The van der Waals surface area contributed by atoms with E-state index >= 15 is 0 Å². The number of nitrogens with one attached hydrogen (secondary N) is 2. The molecule has 0 fully saturated rings. The van der Waals surface area contributed by atoms with Crippen LogP contribution in [0.4, 0.5) is 17.2 Å². The Hall–Kier alpha value is -3.39. The van der Waals surface area contributed by atoms with Crippen LogP contribution in [-0.4, -0.2) is 26.0 Å². The smallest absolute Gasteiger partial charge is 0.338 e. The lowest BCUT2D eigenvalue weighted by atomic mass is 10.2. The molecule has 0 saturated carbocycles. The van der Waals surface area contributed by atoms with Crippen molar-refractivity contribution in [2.24, 2.45) is 0 Å². The minimum absolute atomic E-state index is 0.180. The monoisotopic (exact) mass is 397 g/mol. The van der Waals surface area contributed by atoms with Crippen molar-refractivity contribution in [3.63, 3.8) is 0 Å². The summed E-state index contributed by atoms with van der Waals surface area (Å²) in [7, 11) is -3.66. The molecular formula is C20H19N3O4S. The molecule has 3 aromatic rings. The molecule has 0 unspecified atom stereocenters. The highest BCUT2D eigenvalue weighted by atomic mass is 32.2. The van der Waals surface area contributed by atoms with E-state index in [1.54, 1.807) is 61.5 Å². The van der Waals surface area contributed by atoms with E-state index in [0.717, 1.165) is 5.69 Å². The molecule has 8 heteroatoms. The normalized spacial score (nSPS) is 10.9. The van der Waals surface area contributed by atoms with Gasteiger partial charge in [-0.05, 0) is 55.5 Å². The number of ether oxygens (including phenoxy) is 1. The second kappa shape index (κ2) is 8.53. The van der Waals surface area contributed by atoms with Crippen LogP contribution in [0.25, 0.3) is 0 Å². The molecular weight excluding hydrogens is 378 g/mol. The molecule has 0 aliphatic rings. The van der Waals surface area contributed by atoms with Crippen LogP contribution in [-0.2, 0) is 14.8 Å². The Labute approximate surface area is 163 Å². The average Bonchev–Trinajstić information content (AvgIpc) is 2.71. The first kappa shape index (κ1) is 19.4. The predicted molar refractivity (Wildman–Crippen MR) is 107 cm³/mol. The maximum absolute atomic E-state index is 12.3. The molecule has 2 aromatic carbocycles. The minimum atomic E-state index is -3.66. The molecule has 0 spiro atoms. The summed E-state index contributed by atoms with van der Waals surface area (Å²) >= 11 is 0. The zero-order chi connectivity index (χ0) is 20.0. The van der Waals surface area contributed by atoms with Crippen molar-refractivity contribution >= 4 is 33.2 Å². The molecule has 0 radical (unpaired) electrons. The number of carbonyl (C=O) groups excluding carboxylic acids is 1. The third kappa shape index (κ3) is 4.86. The van der Waals surface area contributed by atoms with E-state index in [9.17, 15) is 13.2 Å². The zero-order valence-electron chi connectivity index (χ0n) is 15.1. The van der Waals surface area contributed by atoms with Gasteiger partial charge in [0.1, 0.15) is 5.82 Å². The van der Waals surface area contributed by atoms with E-state index in [-0.39, 0.29) is 10.9 Å². The minimum Gasteiger partial charge on any atom is -0.462 e. The van der Waals surface area contributed by atoms with Crippen LogP contribution in [0.5, 0.6) is 0 Å². The highest BCUT2D eigenvalue weighted by molar-refractivity contribution is 7.92. The number of sulfonamides is 1. The largest absolute Gasteiger partial charge is 0.462 e. The van der Waals surface area contributed by atoms with Gasteiger partial charge in [0, 0.05) is 5.69 Å². The summed E-state index contributed by atoms with van der Waals surface area (Å²) in [5.41, 5.74) is 1.55. The van der Waals surface area contributed by atoms with Crippen LogP contribution in [0.3, 0.4) is 0 Å². The number of hydrogen-bond acceptors (Lipinski definition) is 6. The van der Waals surface area contributed by atoms with E-state index in [1.807, 2.05) is 0 Å². The fraction of sp³-hybridized carbons (Fsp3) is 0.100. The molecule has 3 rings (SSSR count). The van der Waals surface area contributed by atoms with Gasteiger partial charge in [0.15, 0.2) is 0 Å². The number of benzene rings is 2. The molecule has 0 atom stereocenters. The number of hydrogen-bond donors (Lipinski definition) is 2. The zero-order valence-corrected chi connectivity index (χ0v) is 15.9. The SMILES string of the molecule is CCOC(=O)c1ccc(Nc2ccc(NS(=O)(=O)c3ccccc3)cn2)cc1. The summed E-state index contributed by atoms with van der Waals surface area (Å²) in [6.45, 7) is 2.08. The topological polar surface area (TPSA) is 97.4 Å². The Kier molecular flexibility index (Phi) is 5.90. The van der Waals surface area contributed by atoms with Crippen molar-refractivity contribution in [3.8, 4) is 0 Å². The molecule has 28 heavy (non-hydrogen) atoms. The van der Waals surface area contributed by atoms with Gasteiger partial charge in [-0.25, -0.2) is 18.2 Å². The van der Waals surface area contributed by atoms with E-state index in [0.29, 0.717) is 23.7 Å². The number of esters is 1. The van der Waals surface area contributed by atoms with Gasteiger partial charge in [0.25, 0.3) is 10.0 Å². The van der Waals surface area contributed by atoms with Gasteiger partial charge in [0.2, 0.25) is 0 Å². The Morgan fingerprint density at radius 2 is 1.64 bits per heavy atom. The van der Waals surface area contributed by atoms with Crippen molar-refractivity contribution in [1.82, 2.24) is 4.98 Å². The lowest BCUT2D eigenvalue weighted by Gasteiger charge is -2.10. The highest BCUT2D eigenvalue weighted by Gasteiger charge is 2.13. The van der Waals surface area contributed by atoms with Crippen molar-refractivity contribution in [1.29, 1.82) is 0 Å². The van der Waals surface area contributed by atoms with Crippen LogP contribution < -0.4 is 10.0 Å². The first-order valence-corrected chi connectivity index (χ1v) is 10.0. The van der Waals surface area contributed by atoms with Crippen LogP contribution in [0, 0.1) is 0 Å². The fourth-order valence-electron chi connectivity index (χ4n) is 2.39. The standard InChI is InChI=1S/C20H19N3O4S/c1-2-27-20(24)15-8-10-16(11-9-15)22-19-13-12-17(14-21-19)23-28(25,26)18-6-4-3-5-7-18/h3-14,23H,2H2,1H3,(H,21,22). The summed E-state index contributed by atoms with van der Waals surface area (Å²) in [5.74, 6) is 0.161. The molecule has 7 nitrogen and oxygen atoms in total. The van der Waals surface area contributed by atoms with Crippen molar-refractivity contribution in [2.45, 2.75) is 11.8 Å².